The summed E-state index contributed by atoms with van der Waals surface area (Å²) in [7, 11) is -1.94. The fraction of sp³-hybridized carbons (Fsp3) is 0.368. The van der Waals surface area contributed by atoms with Crippen molar-refractivity contribution in [2.24, 2.45) is 0 Å². The Morgan fingerprint density at radius 1 is 1.28 bits per heavy atom. The normalized spacial score (nSPS) is 17.9. The summed E-state index contributed by atoms with van der Waals surface area (Å²) in [5.41, 5.74) is -0.445. The highest BCUT2D eigenvalue weighted by atomic mass is 32.2. The van der Waals surface area contributed by atoms with Crippen LogP contribution in [0.2, 0.25) is 0 Å². The molecule has 2 unspecified atom stereocenters. The number of aliphatic hydroxyl groups excluding tert-OH is 1. The van der Waals surface area contributed by atoms with Gasteiger partial charge in [-0.3, -0.25) is 14.0 Å². The van der Waals surface area contributed by atoms with Gasteiger partial charge in [0, 0.05) is 19.3 Å². The number of carbonyl (C=O) groups is 1. The molecule has 1 N–H and O–H groups in total. The van der Waals surface area contributed by atoms with Crippen LogP contribution in [0, 0.1) is 0 Å². The quantitative estimate of drug-likeness (QED) is 0.764. The number of halogens is 3. The van der Waals surface area contributed by atoms with Gasteiger partial charge in [-0.2, -0.15) is 13.2 Å². The van der Waals surface area contributed by atoms with Crippen LogP contribution >= 0.6 is 0 Å². The number of ether oxygens (including phenoxy) is 1. The van der Waals surface area contributed by atoms with Gasteiger partial charge >= 0.3 is 6.18 Å². The van der Waals surface area contributed by atoms with Crippen molar-refractivity contribution in [1.29, 1.82) is 0 Å². The molecule has 10 heteroatoms. The predicted molar refractivity (Wildman–Crippen MR) is 98.5 cm³/mol. The van der Waals surface area contributed by atoms with Gasteiger partial charge in [-0.25, -0.2) is 0 Å². The molecule has 0 saturated carbocycles. The molecule has 1 aliphatic rings. The minimum absolute atomic E-state index is 0.0877. The van der Waals surface area contributed by atoms with E-state index >= 15 is 0 Å². The van der Waals surface area contributed by atoms with E-state index in [4.69, 9.17) is 9.84 Å². The molecule has 156 valence electrons. The molecule has 1 fully saturated rings. The van der Waals surface area contributed by atoms with Gasteiger partial charge in [0.2, 0.25) is 0 Å². The van der Waals surface area contributed by atoms with E-state index in [-0.39, 0.29) is 30.6 Å². The van der Waals surface area contributed by atoms with Crippen LogP contribution in [0.25, 0.3) is 0 Å². The lowest BCUT2D eigenvalue weighted by atomic mass is 10.2. The average molecular weight is 428 g/mol. The molecule has 2 heterocycles. The first-order chi connectivity index (χ1) is 13.8. The topological polar surface area (TPSA) is 79.7 Å². The van der Waals surface area contributed by atoms with Gasteiger partial charge < -0.3 is 14.7 Å². The number of rotatable bonds is 6. The van der Waals surface area contributed by atoms with E-state index in [2.05, 4.69) is 4.98 Å². The van der Waals surface area contributed by atoms with E-state index in [9.17, 15) is 22.2 Å². The predicted octanol–water partition coefficient (Wildman–Crippen LogP) is 2.38. The third-order valence-corrected chi connectivity index (χ3v) is 6.28. The summed E-state index contributed by atoms with van der Waals surface area (Å²) in [6.07, 6.45) is -3.35. The van der Waals surface area contributed by atoms with E-state index in [0.717, 1.165) is 12.3 Å². The van der Waals surface area contributed by atoms with Crippen molar-refractivity contribution in [3.8, 4) is 5.75 Å². The minimum Gasteiger partial charge on any atom is -0.484 e. The second kappa shape index (κ2) is 8.91. The lowest BCUT2D eigenvalue weighted by Gasteiger charge is -2.18. The molecule has 1 aliphatic heterocycles. The molecule has 29 heavy (non-hydrogen) atoms. The van der Waals surface area contributed by atoms with E-state index in [1.807, 2.05) is 0 Å². The van der Waals surface area contributed by atoms with Gasteiger partial charge in [0.25, 0.3) is 5.91 Å². The Kier molecular flexibility index (Phi) is 6.53. The largest absolute Gasteiger partial charge is 0.484 e. The molecule has 0 bridgehead atoms. The first kappa shape index (κ1) is 21.3. The first-order valence-electron chi connectivity index (χ1n) is 8.82. The Morgan fingerprint density at radius 3 is 2.66 bits per heavy atom. The molecule has 0 spiro atoms. The summed E-state index contributed by atoms with van der Waals surface area (Å²) in [4.78, 5) is 16.8. The first-order valence-corrected chi connectivity index (χ1v) is 10.0. The zero-order valence-corrected chi connectivity index (χ0v) is 16.1. The highest BCUT2D eigenvalue weighted by Crippen LogP contribution is 2.33. The standard InChI is InChI=1S/C19H19F3N2O4S/c20-19(21,22)18-16(2-1-8-23-18)29(27)15-7-9-24(10-15)17(26)12-28-14-5-3-13(11-25)4-6-14/h1-6,8,15,25H,7,9-12H2. The Bertz CT molecular complexity index is 890. The Hall–Kier alpha value is -2.46. The van der Waals surface area contributed by atoms with Crippen LogP contribution in [0.3, 0.4) is 0 Å². The molecule has 2 aromatic rings. The number of amides is 1. The summed E-state index contributed by atoms with van der Waals surface area (Å²) in [5.74, 6) is 0.123. The third-order valence-electron chi connectivity index (χ3n) is 4.52. The van der Waals surface area contributed by atoms with Crippen LogP contribution in [0.15, 0.2) is 47.5 Å². The number of pyridine rings is 1. The minimum atomic E-state index is -4.69. The van der Waals surface area contributed by atoms with Gasteiger partial charge in [-0.15, -0.1) is 0 Å². The van der Waals surface area contributed by atoms with Gasteiger partial charge in [-0.05, 0) is 36.2 Å². The van der Waals surface area contributed by atoms with Crippen molar-refractivity contribution in [2.75, 3.05) is 19.7 Å². The van der Waals surface area contributed by atoms with Crippen molar-refractivity contribution in [1.82, 2.24) is 9.88 Å². The smallest absolute Gasteiger partial charge is 0.434 e. The molecule has 1 amide bonds. The Morgan fingerprint density at radius 2 is 2.00 bits per heavy atom. The fourth-order valence-corrected chi connectivity index (χ4v) is 4.57. The van der Waals surface area contributed by atoms with Crippen LogP contribution in [-0.4, -0.2) is 50.1 Å². The highest BCUT2D eigenvalue weighted by Gasteiger charge is 2.39. The zero-order chi connectivity index (χ0) is 21.0. The van der Waals surface area contributed by atoms with Gasteiger partial charge in [0.15, 0.2) is 12.3 Å². The number of likely N-dealkylation sites (tertiary alicyclic amines) is 1. The summed E-state index contributed by atoms with van der Waals surface area (Å²) < 4.78 is 57.5. The maximum Gasteiger partial charge on any atom is 0.434 e. The molecule has 1 saturated heterocycles. The zero-order valence-electron chi connectivity index (χ0n) is 15.3. The third kappa shape index (κ3) is 5.13. The lowest BCUT2D eigenvalue weighted by molar-refractivity contribution is -0.143. The SMILES string of the molecule is O=C(COc1ccc(CO)cc1)N1CCC(S(=O)c2cccnc2C(F)(F)F)C1. The monoisotopic (exact) mass is 428 g/mol. The number of nitrogens with zero attached hydrogens (tertiary/aromatic N) is 2. The van der Waals surface area contributed by atoms with Crippen molar-refractivity contribution < 1.29 is 32.0 Å². The average Bonchev–Trinajstić information content (AvgIpc) is 3.21. The number of alkyl halides is 3. The Labute approximate surface area is 167 Å². The summed E-state index contributed by atoms with van der Waals surface area (Å²) >= 11 is 0. The number of hydrogen-bond donors (Lipinski definition) is 1. The lowest BCUT2D eigenvalue weighted by Crippen LogP contribution is -2.34. The van der Waals surface area contributed by atoms with E-state index in [1.54, 1.807) is 24.3 Å². The van der Waals surface area contributed by atoms with Crippen LogP contribution in [-0.2, 0) is 28.4 Å². The molecule has 6 nitrogen and oxygen atoms in total. The molecule has 0 aliphatic carbocycles. The molecule has 3 rings (SSSR count). The number of hydrogen-bond acceptors (Lipinski definition) is 5. The van der Waals surface area contributed by atoms with Crippen molar-refractivity contribution >= 4 is 16.7 Å². The fourth-order valence-electron chi connectivity index (χ4n) is 3.00. The van der Waals surface area contributed by atoms with E-state index < -0.39 is 27.9 Å². The van der Waals surface area contributed by atoms with Crippen molar-refractivity contribution in [3.63, 3.8) is 0 Å². The molecule has 1 aromatic carbocycles. The number of aromatic nitrogens is 1. The van der Waals surface area contributed by atoms with E-state index in [1.165, 1.54) is 11.0 Å². The summed E-state index contributed by atoms with van der Waals surface area (Å²) in [5, 5.41) is 8.41. The number of benzene rings is 1. The van der Waals surface area contributed by atoms with Crippen LogP contribution < -0.4 is 4.74 Å². The van der Waals surface area contributed by atoms with Crippen LogP contribution in [0.4, 0.5) is 13.2 Å². The Balaban J connectivity index is 1.59. The summed E-state index contributed by atoms with van der Waals surface area (Å²) in [6.45, 7) is 0.0468. The number of aliphatic hydroxyl groups is 1. The number of carbonyl (C=O) groups excluding carboxylic acids is 1. The molecule has 2 atom stereocenters. The molecular formula is C19H19F3N2O4S. The van der Waals surface area contributed by atoms with Crippen molar-refractivity contribution in [3.05, 3.63) is 53.9 Å². The van der Waals surface area contributed by atoms with Gasteiger partial charge in [0.1, 0.15) is 5.75 Å². The van der Waals surface area contributed by atoms with E-state index in [0.29, 0.717) is 24.3 Å². The summed E-state index contributed by atoms with van der Waals surface area (Å²) in [6, 6.07) is 9.07. The maximum atomic E-state index is 13.1. The van der Waals surface area contributed by atoms with Crippen molar-refractivity contribution in [2.45, 2.75) is 29.3 Å². The van der Waals surface area contributed by atoms with Crippen LogP contribution in [0.5, 0.6) is 5.75 Å². The molecule has 0 radical (unpaired) electrons. The van der Waals surface area contributed by atoms with Gasteiger partial charge in [-0.1, -0.05) is 12.1 Å². The molecular weight excluding hydrogens is 409 g/mol. The van der Waals surface area contributed by atoms with Gasteiger partial charge in [0.05, 0.1) is 27.6 Å². The highest BCUT2D eigenvalue weighted by molar-refractivity contribution is 7.85. The second-order valence-corrected chi connectivity index (χ2v) is 8.19. The maximum absolute atomic E-state index is 13.1. The molecule has 1 aromatic heterocycles. The second-order valence-electron chi connectivity index (χ2n) is 6.49. The van der Waals surface area contributed by atoms with Crippen LogP contribution in [0.1, 0.15) is 17.7 Å².